The maximum Gasteiger partial charge on any atom is 0.186 e. The summed E-state index contributed by atoms with van der Waals surface area (Å²) in [5.74, 6) is -0.507. The molecule has 27 heavy (non-hydrogen) atoms. The number of rotatable bonds is 9. The van der Waals surface area contributed by atoms with Crippen molar-refractivity contribution >= 4 is 0 Å². The standard InChI is InChI=1S/C22H35NO4/c1-4-5-6-10-13-18(23)17-15-25-21(20-19(17)26-22(2,3)27-20)24-14-16-11-8-7-9-12-16/h7-9,11-12,17-21H,4-6,10,13-15,23H2,1-3H3/t17-,18?,19-,20+,21?/m1/s1. The van der Waals surface area contributed by atoms with E-state index in [9.17, 15) is 0 Å². The van der Waals surface area contributed by atoms with Gasteiger partial charge in [0.15, 0.2) is 12.1 Å². The van der Waals surface area contributed by atoms with Gasteiger partial charge < -0.3 is 24.7 Å². The molecule has 1 aromatic rings. The molecule has 2 fully saturated rings. The Bertz CT molecular complexity index is 565. The summed E-state index contributed by atoms with van der Waals surface area (Å²) in [6, 6.07) is 10.2. The predicted molar refractivity (Wildman–Crippen MR) is 105 cm³/mol. The summed E-state index contributed by atoms with van der Waals surface area (Å²) < 4.78 is 24.5. The van der Waals surface area contributed by atoms with Crippen molar-refractivity contribution in [2.24, 2.45) is 11.7 Å². The zero-order valence-corrected chi connectivity index (χ0v) is 16.9. The van der Waals surface area contributed by atoms with E-state index < -0.39 is 12.1 Å². The van der Waals surface area contributed by atoms with Gasteiger partial charge in [0.05, 0.1) is 19.3 Å². The van der Waals surface area contributed by atoms with Gasteiger partial charge in [-0.15, -0.1) is 0 Å². The molecule has 0 aromatic heterocycles. The summed E-state index contributed by atoms with van der Waals surface area (Å²) in [5, 5.41) is 0. The number of benzene rings is 1. The molecule has 2 N–H and O–H groups in total. The monoisotopic (exact) mass is 377 g/mol. The van der Waals surface area contributed by atoms with Crippen LogP contribution in [0.2, 0.25) is 0 Å². The second kappa shape index (κ2) is 9.48. The van der Waals surface area contributed by atoms with Crippen LogP contribution in [-0.2, 0) is 25.6 Å². The van der Waals surface area contributed by atoms with Crippen LogP contribution in [0.4, 0.5) is 0 Å². The lowest BCUT2D eigenvalue weighted by atomic mass is 9.86. The molecule has 152 valence electrons. The molecule has 0 saturated carbocycles. The van der Waals surface area contributed by atoms with Crippen LogP contribution in [0.3, 0.4) is 0 Å². The zero-order chi connectivity index (χ0) is 19.3. The second-order valence-corrected chi connectivity index (χ2v) is 8.24. The zero-order valence-electron chi connectivity index (χ0n) is 16.9. The minimum atomic E-state index is -0.641. The van der Waals surface area contributed by atoms with E-state index in [4.69, 9.17) is 24.7 Å². The average Bonchev–Trinajstić information content (AvgIpc) is 2.99. The summed E-state index contributed by atoms with van der Waals surface area (Å²) in [7, 11) is 0. The molecule has 1 aromatic carbocycles. The minimum absolute atomic E-state index is 0.0573. The van der Waals surface area contributed by atoms with E-state index in [1.165, 1.54) is 19.3 Å². The van der Waals surface area contributed by atoms with Crippen LogP contribution in [0.1, 0.15) is 58.4 Å². The highest BCUT2D eigenvalue weighted by Crippen LogP contribution is 2.39. The van der Waals surface area contributed by atoms with E-state index in [-0.39, 0.29) is 24.2 Å². The smallest absolute Gasteiger partial charge is 0.186 e. The Morgan fingerprint density at radius 1 is 1.11 bits per heavy atom. The maximum absolute atomic E-state index is 6.53. The van der Waals surface area contributed by atoms with Gasteiger partial charge in [-0.05, 0) is 25.8 Å². The first kappa shape index (κ1) is 20.7. The van der Waals surface area contributed by atoms with Gasteiger partial charge in [-0.25, -0.2) is 0 Å². The number of hydrogen-bond donors (Lipinski definition) is 1. The van der Waals surface area contributed by atoms with Crippen LogP contribution in [-0.4, -0.2) is 36.9 Å². The van der Waals surface area contributed by atoms with E-state index in [0.717, 1.165) is 18.4 Å². The second-order valence-electron chi connectivity index (χ2n) is 8.24. The fourth-order valence-electron chi connectivity index (χ4n) is 4.04. The van der Waals surface area contributed by atoms with Crippen LogP contribution < -0.4 is 5.73 Å². The molecule has 2 aliphatic heterocycles. The lowest BCUT2D eigenvalue weighted by molar-refractivity contribution is -0.245. The summed E-state index contributed by atoms with van der Waals surface area (Å²) >= 11 is 0. The molecular formula is C22H35NO4. The van der Waals surface area contributed by atoms with Gasteiger partial charge in [0, 0.05) is 12.0 Å². The van der Waals surface area contributed by atoms with E-state index in [2.05, 4.69) is 6.92 Å². The predicted octanol–water partition coefficient (Wildman–Crippen LogP) is 3.99. The fraction of sp³-hybridized carbons (Fsp3) is 0.727. The van der Waals surface area contributed by atoms with Crippen molar-refractivity contribution < 1.29 is 18.9 Å². The molecule has 2 aliphatic rings. The van der Waals surface area contributed by atoms with Crippen molar-refractivity contribution in [3.8, 4) is 0 Å². The van der Waals surface area contributed by atoms with Crippen LogP contribution in [0, 0.1) is 5.92 Å². The third kappa shape index (κ3) is 5.52. The van der Waals surface area contributed by atoms with Gasteiger partial charge >= 0.3 is 0 Å². The average molecular weight is 378 g/mol. The third-order valence-electron chi connectivity index (χ3n) is 5.50. The Kier molecular flexibility index (Phi) is 7.29. The molecule has 0 radical (unpaired) electrons. The van der Waals surface area contributed by atoms with E-state index in [1.807, 2.05) is 44.2 Å². The molecule has 0 aliphatic carbocycles. The molecule has 5 nitrogen and oxygen atoms in total. The Morgan fingerprint density at radius 2 is 1.85 bits per heavy atom. The number of hydrogen-bond acceptors (Lipinski definition) is 5. The highest BCUT2D eigenvalue weighted by molar-refractivity contribution is 5.13. The summed E-state index contributed by atoms with van der Waals surface area (Å²) in [5.41, 5.74) is 7.65. The highest BCUT2D eigenvalue weighted by Gasteiger charge is 2.53. The van der Waals surface area contributed by atoms with Gasteiger partial charge in [0.1, 0.15) is 6.10 Å². The summed E-state index contributed by atoms with van der Waals surface area (Å²) in [4.78, 5) is 0. The Hall–Kier alpha value is -0.980. The van der Waals surface area contributed by atoms with Gasteiger partial charge in [0.2, 0.25) is 0 Å². The van der Waals surface area contributed by atoms with Crippen molar-refractivity contribution in [3.05, 3.63) is 35.9 Å². The minimum Gasteiger partial charge on any atom is -0.349 e. The first-order valence-electron chi connectivity index (χ1n) is 10.4. The molecule has 2 unspecified atom stereocenters. The highest BCUT2D eigenvalue weighted by atomic mass is 16.8. The maximum atomic E-state index is 6.53. The molecule has 5 heteroatoms. The van der Waals surface area contributed by atoms with Gasteiger partial charge in [-0.2, -0.15) is 0 Å². The molecule has 0 bridgehead atoms. The lowest BCUT2D eigenvalue weighted by Gasteiger charge is -2.39. The summed E-state index contributed by atoms with van der Waals surface area (Å²) in [6.45, 7) is 7.16. The van der Waals surface area contributed by atoms with Crippen molar-refractivity contribution in [3.63, 3.8) is 0 Å². The SMILES string of the molecule is CCCCCCC(N)[C@H]1COC(OCc2ccccc2)[C@H]2OC(C)(C)O[C@H]12. The van der Waals surface area contributed by atoms with Crippen LogP contribution in [0.15, 0.2) is 30.3 Å². The van der Waals surface area contributed by atoms with E-state index >= 15 is 0 Å². The number of unbranched alkanes of at least 4 members (excludes halogenated alkanes) is 3. The summed E-state index contributed by atoms with van der Waals surface area (Å²) in [6.07, 6.45) is 5.12. The molecule has 3 rings (SSSR count). The van der Waals surface area contributed by atoms with Gasteiger partial charge in [-0.3, -0.25) is 0 Å². The third-order valence-corrected chi connectivity index (χ3v) is 5.50. The molecule has 2 saturated heterocycles. The van der Waals surface area contributed by atoms with Gasteiger partial charge in [0.25, 0.3) is 0 Å². The van der Waals surface area contributed by atoms with Crippen LogP contribution in [0.5, 0.6) is 0 Å². The lowest BCUT2D eigenvalue weighted by Crippen LogP contribution is -2.54. The fourth-order valence-corrected chi connectivity index (χ4v) is 4.04. The topological polar surface area (TPSA) is 62.9 Å². The molecule has 0 amide bonds. The molecule has 5 atom stereocenters. The number of ether oxygens (including phenoxy) is 4. The van der Waals surface area contributed by atoms with E-state index in [0.29, 0.717) is 13.2 Å². The first-order chi connectivity index (χ1) is 13.0. The van der Waals surface area contributed by atoms with E-state index in [1.54, 1.807) is 0 Å². The van der Waals surface area contributed by atoms with Crippen LogP contribution in [0.25, 0.3) is 0 Å². The van der Waals surface area contributed by atoms with Crippen molar-refractivity contribution in [1.82, 2.24) is 0 Å². The van der Waals surface area contributed by atoms with Gasteiger partial charge in [-0.1, -0.05) is 62.9 Å². The van der Waals surface area contributed by atoms with Crippen molar-refractivity contribution in [1.29, 1.82) is 0 Å². The Labute approximate surface area is 163 Å². The number of nitrogens with two attached hydrogens (primary N) is 1. The Morgan fingerprint density at radius 3 is 2.59 bits per heavy atom. The molecule has 0 spiro atoms. The Balaban J connectivity index is 1.59. The quantitative estimate of drug-likeness (QED) is 0.659. The number of fused-ring (bicyclic) bond motifs is 1. The first-order valence-corrected chi connectivity index (χ1v) is 10.4. The van der Waals surface area contributed by atoms with Crippen LogP contribution >= 0.6 is 0 Å². The normalized spacial score (nSPS) is 30.8. The van der Waals surface area contributed by atoms with Crippen molar-refractivity contribution in [2.75, 3.05) is 6.61 Å². The largest absolute Gasteiger partial charge is 0.349 e. The van der Waals surface area contributed by atoms with Crippen molar-refractivity contribution in [2.45, 2.75) is 89.8 Å². The molecular weight excluding hydrogens is 342 g/mol. The molecule has 2 heterocycles.